The van der Waals surface area contributed by atoms with E-state index in [2.05, 4.69) is 0 Å². The Hall–Kier alpha value is -0.970. The molecule has 2 heteroatoms. The monoisotopic (exact) mass is 125 g/mol. The van der Waals surface area contributed by atoms with E-state index in [0.29, 0.717) is 6.61 Å². The van der Waals surface area contributed by atoms with E-state index in [1.807, 2.05) is 19.9 Å². The van der Waals surface area contributed by atoms with E-state index in [9.17, 15) is 0 Å². The van der Waals surface area contributed by atoms with Crippen LogP contribution in [0.5, 0.6) is 0 Å². The first-order valence-corrected chi connectivity index (χ1v) is 3.06. The Labute approximate surface area is 55.7 Å². The molecule has 2 nitrogen and oxygen atoms in total. The van der Waals surface area contributed by atoms with Crippen molar-refractivity contribution in [2.45, 2.75) is 20.3 Å². The van der Waals surface area contributed by atoms with Crippen molar-refractivity contribution >= 4 is 0 Å². The van der Waals surface area contributed by atoms with E-state index in [1.54, 1.807) is 0 Å². The number of hydrogen-bond donors (Lipinski definition) is 0. The number of ether oxygens (including phenoxy) is 1. The minimum Gasteiger partial charge on any atom is -0.497 e. The van der Waals surface area contributed by atoms with E-state index in [4.69, 9.17) is 10.00 Å². The average molecular weight is 125 g/mol. The van der Waals surface area contributed by atoms with E-state index in [1.165, 1.54) is 6.08 Å². The van der Waals surface area contributed by atoms with Gasteiger partial charge in [0.25, 0.3) is 0 Å². The van der Waals surface area contributed by atoms with Crippen LogP contribution in [0, 0.1) is 11.3 Å². The number of nitriles is 1. The molecule has 0 amide bonds. The topological polar surface area (TPSA) is 33.0 Å². The second kappa shape index (κ2) is 5.17. The lowest BCUT2D eigenvalue weighted by Gasteiger charge is -2.01. The Morgan fingerprint density at radius 3 is 2.67 bits per heavy atom. The number of rotatable bonds is 3. The van der Waals surface area contributed by atoms with Crippen LogP contribution in [-0.2, 0) is 4.74 Å². The molecule has 50 valence electrons. The van der Waals surface area contributed by atoms with Crippen molar-refractivity contribution in [2.75, 3.05) is 6.61 Å². The van der Waals surface area contributed by atoms with Gasteiger partial charge in [0.05, 0.1) is 18.8 Å². The van der Waals surface area contributed by atoms with Crippen molar-refractivity contribution in [1.29, 1.82) is 5.26 Å². The van der Waals surface area contributed by atoms with Crippen LogP contribution in [0.4, 0.5) is 0 Å². The van der Waals surface area contributed by atoms with Crippen molar-refractivity contribution in [3.8, 4) is 6.07 Å². The number of nitrogens with zero attached hydrogens (tertiary/aromatic N) is 1. The molecule has 0 aromatic heterocycles. The lowest BCUT2D eigenvalue weighted by atomic mass is 10.4. The summed E-state index contributed by atoms with van der Waals surface area (Å²) in [5.41, 5.74) is 0. The van der Waals surface area contributed by atoms with Crippen molar-refractivity contribution in [3.63, 3.8) is 0 Å². The van der Waals surface area contributed by atoms with Crippen molar-refractivity contribution in [1.82, 2.24) is 0 Å². The summed E-state index contributed by atoms with van der Waals surface area (Å²) in [4.78, 5) is 0. The Balaban J connectivity index is 3.70. The smallest absolute Gasteiger partial charge is 0.106 e. The Morgan fingerprint density at radius 2 is 2.33 bits per heavy atom. The first-order chi connectivity index (χ1) is 4.35. The standard InChI is InChI=1S/C7H11NO/c1-3-7(5-6-8)9-4-2/h5H,3-4H2,1-2H3/b7-5-. The normalized spacial score (nSPS) is 10.6. The van der Waals surface area contributed by atoms with Gasteiger partial charge in [-0.15, -0.1) is 0 Å². The third-order valence-corrected chi connectivity index (χ3v) is 0.904. The molecule has 0 rings (SSSR count). The molecule has 0 aliphatic heterocycles. The van der Waals surface area contributed by atoms with Crippen LogP contribution < -0.4 is 0 Å². The summed E-state index contributed by atoms with van der Waals surface area (Å²) in [6, 6.07) is 1.92. The zero-order valence-electron chi connectivity index (χ0n) is 5.85. The van der Waals surface area contributed by atoms with Gasteiger partial charge in [0.1, 0.15) is 5.76 Å². The van der Waals surface area contributed by atoms with Gasteiger partial charge in [0, 0.05) is 6.42 Å². The predicted molar refractivity (Wildman–Crippen MR) is 35.6 cm³/mol. The van der Waals surface area contributed by atoms with Gasteiger partial charge in [0.2, 0.25) is 0 Å². The molecule has 0 spiro atoms. The van der Waals surface area contributed by atoms with Crippen LogP contribution in [0.2, 0.25) is 0 Å². The van der Waals surface area contributed by atoms with Crippen LogP contribution in [-0.4, -0.2) is 6.61 Å². The third-order valence-electron chi connectivity index (χ3n) is 0.904. The van der Waals surface area contributed by atoms with Crippen molar-refractivity contribution in [3.05, 3.63) is 11.8 Å². The molecule has 0 bridgehead atoms. The maximum absolute atomic E-state index is 8.19. The summed E-state index contributed by atoms with van der Waals surface area (Å²) in [6.45, 7) is 4.50. The molecule has 0 N–H and O–H groups in total. The van der Waals surface area contributed by atoms with E-state index < -0.39 is 0 Å². The van der Waals surface area contributed by atoms with Gasteiger partial charge in [-0.1, -0.05) is 6.92 Å². The summed E-state index contributed by atoms with van der Waals surface area (Å²) in [6.07, 6.45) is 2.23. The molecule has 0 heterocycles. The van der Waals surface area contributed by atoms with Crippen LogP contribution in [0.25, 0.3) is 0 Å². The summed E-state index contributed by atoms with van der Waals surface area (Å²) in [7, 11) is 0. The van der Waals surface area contributed by atoms with E-state index in [-0.39, 0.29) is 0 Å². The summed E-state index contributed by atoms with van der Waals surface area (Å²) in [5, 5.41) is 8.19. The first-order valence-electron chi connectivity index (χ1n) is 3.06. The van der Waals surface area contributed by atoms with Gasteiger partial charge in [0.15, 0.2) is 0 Å². The van der Waals surface area contributed by atoms with Crippen LogP contribution in [0.15, 0.2) is 11.8 Å². The van der Waals surface area contributed by atoms with Gasteiger partial charge < -0.3 is 4.74 Å². The average Bonchev–Trinajstić information content (AvgIpc) is 1.88. The molecule has 0 saturated carbocycles. The predicted octanol–water partition coefficient (Wildman–Crippen LogP) is 1.84. The SMILES string of the molecule is CCO/C(=C\C#N)CC. The van der Waals surface area contributed by atoms with Gasteiger partial charge in [-0.25, -0.2) is 0 Å². The molecule has 0 fully saturated rings. The van der Waals surface area contributed by atoms with Crippen molar-refractivity contribution < 1.29 is 4.74 Å². The minimum atomic E-state index is 0.640. The quantitative estimate of drug-likeness (QED) is 0.426. The molecular formula is C7H11NO. The molecule has 0 unspecified atom stereocenters. The summed E-state index contributed by atoms with van der Waals surface area (Å²) in [5.74, 6) is 0.764. The van der Waals surface area contributed by atoms with E-state index in [0.717, 1.165) is 12.2 Å². The van der Waals surface area contributed by atoms with Crippen molar-refractivity contribution in [2.24, 2.45) is 0 Å². The fraction of sp³-hybridized carbons (Fsp3) is 0.571. The Kier molecular flexibility index (Phi) is 4.61. The first kappa shape index (κ1) is 8.03. The number of hydrogen-bond acceptors (Lipinski definition) is 2. The molecule has 0 aromatic rings. The fourth-order valence-electron chi connectivity index (χ4n) is 0.503. The molecule has 0 aliphatic carbocycles. The second-order valence-corrected chi connectivity index (χ2v) is 1.53. The molecule has 0 aliphatic rings. The number of allylic oxidation sites excluding steroid dienone is 2. The fourth-order valence-corrected chi connectivity index (χ4v) is 0.503. The van der Waals surface area contributed by atoms with Gasteiger partial charge in [-0.3, -0.25) is 0 Å². The molecule has 0 saturated heterocycles. The highest BCUT2D eigenvalue weighted by Crippen LogP contribution is 2.00. The maximum atomic E-state index is 8.19. The second-order valence-electron chi connectivity index (χ2n) is 1.53. The van der Waals surface area contributed by atoms with Crippen LogP contribution in [0.1, 0.15) is 20.3 Å². The highest BCUT2D eigenvalue weighted by Gasteiger charge is 1.88. The third kappa shape index (κ3) is 3.60. The van der Waals surface area contributed by atoms with E-state index >= 15 is 0 Å². The largest absolute Gasteiger partial charge is 0.497 e. The summed E-state index contributed by atoms with van der Waals surface area (Å²) < 4.78 is 5.07. The zero-order chi connectivity index (χ0) is 7.11. The lowest BCUT2D eigenvalue weighted by molar-refractivity contribution is 0.221. The molecular weight excluding hydrogens is 114 g/mol. The summed E-state index contributed by atoms with van der Waals surface area (Å²) >= 11 is 0. The van der Waals surface area contributed by atoms with Gasteiger partial charge in [-0.05, 0) is 6.92 Å². The Bertz CT molecular complexity index is 132. The highest BCUT2D eigenvalue weighted by molar-refractivity contribution is 5.07. The molecule has 9 heavy (non-hydrogen) atoms. The van der Waals surface area contributed by atoms with Gasteiger partial charge in [-0.2, -0.15) is 5.26 Å². The van der Waals surface area contributed by atoms with Crippen LogP contribution >= 0.6 is 0 Å². The van der Waals surface area contributed by atoms with Crippen LogP contribution in [0.3, 0.4) is 0 Å². The zero-order valence-corrected chi connectivity index (χ0v) is 5.85. The minimum absolute atomic E-state index is 0.640. The highest BCUT2D eigenvalue weighted by atomic mass is 16.5. The molecule has 0 radical (unpaired) electrons. The molecule has 0 atom stereocenters. The maximum Gasteiger partial charge on any atom is 0.106 e. The van der Waals surface area contributed by atoms with Gasteiger partial charge >= 0.3 is 0 Å². The molecule has 0 aromatic carbocycles. The lowest BCUT2D eigenvalue weighted by Crippen LogP contribution is -1.88. The Morgan fingerprint density at radius 1 is 1.67 bits per heavy atom.